The van der Waals surface area contributed by atoms with Gasteiger partial charge in [-0.25, -0.2) is 22.6 Å². The van der Waals surface area contributed by atoms with Crippen molar-refractivity contribution in [1.29, 1.82) is 0 Å². The molecule has 2 N–H and O–H groups in total. The van der Waals surface area contributed by atoms with E-state index in [0.717, 1.165) is 29.8 Å². The minimum atomic E-state index is -3.96. The second-order valence-corrected chi connectivity index (χ2v) is 8.53. The van der Waals surface area contributed by atoms with Crippen molar-refractivity contribution in [2.24, 2.45) is 0 Å². The fourth-order valence-corrected chi connectivity index (χ4v) is 3.78. The molecule has 1 aromatic heterocycles. The fourth-order valence-electron chi connectivity index (χ4n) is 2.87. The second kappa shape index (κ2) is 7.12. The molecule has 0 saturated heterocycles. The lowest BCUT2D eigenvalue weighted by atomic mass is 10.2. The molecule has 7 nitrogen and oxygen atoms in total. The van der Waals surface area contributed by atoms with Gasteiger partial charge in [-0.1, -0.05) is 35.9 Å². The standard InChI is InChI=1S/C20H20N4O3S/c1-14-7-11-17(12-8-14)28(26,27)23-20(25)21-19-13-18(15-9-10-15)22-24(19)16-5-3-2-4-6-16/h2-8,11-13,15H,9-10H2,1H3,(H2,21,23,25). The number of aromatic nitrogens is 2. The number of anilines is 1. The summed E-state index contributed by atoms with van der Waals surface area (Å²) >= 11 is 0. The van der Waals surface area contributed by atoms with Gasteiger partial charge in [0.05, 0.1) is 16.3 Å². The average Bonchev–Trinajstić information content (AvgIpc) is 3.43. The van der Waals surface area contributed by atoms with Crippen LogP contribution in [-0.4, -0.2) is 24.2 Å². The number of aryl methyl sites for hydroxylation is 1. The Morgan fingerprint density at radius 2 is 1.75 bits per heavy atom. The molecule has 0 aliphatic heterocycles. The second-order valence-electron chi connectivity index (χ2n) is 6.85. The molecule has 8 heteroatoms. The molecule has 2 aromatic carbocycles. The lowest BCUT2D eigenvalue weighted by molar-refractivity contribution is 0.256. The highest BCUT2D eigenvalue weighted by Gasteiger charge is 2.28. The molecule has 1 saturated carbocycles. The summed E-state index contributed by atoms with van der Waals surface area (Å²) in [5, 5.41) is 7.21. The molecule has 2 amide bonds. The zero-order valence-corrected chi connectivity index (χ0v) is 16.1. The van der Waals surface area contributed by atoms with Gasteiger partial charge in [0.1, 0.15) is 5.82 Å². The van der Waals surface area contributed by atoms with Crippen LogP contribution in [0.2, 0.25) is 0 Å². The summed E-state index contributed by atoms with van der Waals surface area (Å²) in [7, 11) is -3.96. The van der Waals surface area contributed by atoms with Crippen molar-refractivity contribution in [3.8, 4) is 5.69 Å². The monoisotopic (exact) mass is 396 g/mol. The van der Waals surface area contributed by atoms with Gasteiger partial charge in [-0.2, -0.15) is 5.10 Å². The Hall–Kier alpha value is -3.13. The maximum atomic E-state index is 12.4. The van der Waals surface area contributed by atoms with Crippen molar-refractivity contribution < 1.29 is 13.2 Å². The van der Waals surface area contributed by atoms with Gasteiger partial charge in [0.25, 0.3) is 10.0 Å². The highest BCUT2D eigenvalue weighted by atomic mass is 32.2. The smallest absolute Gasteiger partial charge is 0.291 e. The minimum Gasteiger partial charge on any atom is -0.291 e. The molecule has 0 atom stereocenters. The topological polar surface area (TPSA) is 93.1 Å². The molecule has 0 spiro atoms. The van der Waals surface area contributed by atoms with Crippen molar-refractivity contribution >= 4 is 21.9 Å². The molecular weight excluding hydrogens is 376 g/mol. The third-order valence-corrected chi connectivity index (χ3v) is 5.87. The first-order chi connectivity index (χ1) is 13.4. The molecule has 0 unspecified atom stereocenters. The van der Waals surface area contributed by atoms with Crippen LogP contribution in [0.5, 0.6) is 0 Å². The van der Waals surface area contributed by atoms with Crippen LogP contribution in [0.4, 0.5) is 10.6 Å². The third kappa shape index (κ3) is 3.91. The van der Waals surface area contributed by atoms with Gasteiger partial charge < -0.3 is 0 Å². The van der Waals surface area contributed by atoms with Gasteiger partial charge in [0.15, 0.2) is 0 Å². The van der Waals surface area contributed by atoms with E-state index >= 15 is 0 Å². The molecule has 0 bridgehead atoms. The lowest BCUT2D eigenvalue weighted by Gasteiger charge is -2.10. The SMILES string of the molecule is Cc1ccc(S(=O)(=O)NC(=O)Nc2cc(C3CC3)nn2-c2ccccc2)cc1. The molecule has 4 rings (SSSR count). The Morgan fingerprint density at radius 1 is 1.07 bits per heavy atom. The maximum absolute atomic E-state index is 12.4. The molecule has 0 radical (unpaired) electrons. The molecule has 28 heavy (non-hydrogen) atoms. The highest BCUT2D eigenvalue weighted by Crippen LogP contribution is 2.40. The summed E-state index contributed by atoms with van der Waals surface area (Å²) in [6.45, 7) is 1.86. The van der Waals surface area contributed by atoms with Gasteiger partial charge >= 0.3 is 6.03 Å². The number of para-hydroxylation sites is 1. The molecule has 3 aromatic rings. The van der Waals surface area contributed by atoms with Crippen LogP contribution in [0.3, 0.4) is 0 Å². The Balaban J connectivity index is 1.56. The van der Waals surface area contributed by atoms with Crippen LogP contribution in [0.15, 0.2) is 65.6 Å². The summed E-state index contributed by atoms with van der Waals surface area (Å²) in [4.78, 5) is 12.4. The van der Waals surface area contributed by atoms with Gasteiger partial charge in [-0.05, 0) is 44.0 Å². The van der Waals surface area contributed by atoms with Crippen LogP contribution in [0.25, 0.3) is 5.69 Å². The molecule has 1 aliphatic carbocycles. The Bertz CT molecular complexity index is 1100. The van der Waals surface area contributed by atoms with Crippen molar-refractivity contribution in [3.05, 3.63) is 71.9 Å². The van der Waals surface area contributed by atoms with E-state index in [9.17, 15) is 13.2 Å². The summed E-state index contributed by atoms with van der Waals surface area (Å²) in [5.41, 5.74) is 2.61. The predicted molar refractivity (Wildman–Crippen MR) is 106 cm³/mol. The normalized spacial score (nSPS) is 13.9. The van der Waals surface area contributed by atoms with E-state index in [4.69, 9.17) is 0 Å². The van der Waals surface area contributed by atoms with Crippen molar-refractivity contribution in [3.63, 3.8) is 0 Å². The minimum absolute atomic E-state index is 0.0310. The number of sulfonamides is 1. The lowest BCUT2D eigenvalue weighted by Crippen LogP contribution is -2.34. The molecule has 1 fully saturated rings. The first-order valence-electron chi connectivity index (χ1n) is 8.98. The molecule has 1 aliphatic rings. The van der Waals surface area contributed by atoms with E-state index < -0.39 is 16.1 Å². The first-order valence-corrected chi connectivity index (χ1v) is 10.5. The number of amides is 2. The first kappa shape index (κ1) is 18.2. The maximum Gasteiger partial charge on any atom is 0.334 e. The van der Waals surface area contributed by atoms with Crippen molar-refractivity contribution in [1.82, 2.24) is 14.5 Å². The summed E-state index contributed by atoms with van der Waals surface area (Å²) in [6, 6.07) is 16.6. The van der Waals surface area contributed by atoms with Gasteiger partial charge in [0, 0.05) is 12.0 Å². The van der Waals surface area contributed by atoms with E-state index in [-0.39, 0.29) is 4.90 Å². The van der Waals surface area contributed by atoms with Gasteiger partial charge in [0.2, 0.25) is 0 Å². The predicted octanol–water partition coefficient (Wildman–Crippen LogP) is 3.57. The third-order valence-electron chi connectivity index (χ3n) is 4.52. The average molecular weight is 396 g/mol. The zero-order valence-electron chi connectivity index (χ0n) is 15.3. The van der Waals surface area contributed by atoms with Crippen LogP contribution < -0.4 is 10.0 Å². The number of carbonyl (C=O) groups excluding carboxylic acids is 1. The number of nitrogens with zero attached hydrogens (tertiary/aromatic N) is 2. The van der Waals surface area contributed by atoms with E-state index in [1.807, 2.05) is 37.3 Å². The molecule has 144 valence electrons. The Labute approximate surface area is 163 Å². The Morgan fingerprint density at radius 3 is 2.39 bits per heavy atom. The van der Waals surface area contributed by atoms with Gasteiger partial charge in [-0.3, -0.25) is 5.32 Å². The molecule has 1 heterocycles. The fraction of sp³-hybridized carbons (Fsp3) is 0.200. The van der Waals surface area contributed by atoms with Crippen LogP contribution in [0, 0.1) is 6.92 Å². The van der Waals surface area contributed by atoms with Crippen LogP contribution in [0.1, 0.15) is 30.0 Å². The Kier molecular flexibility index (Phi) is 4.64. The summed E-state index contributed by atoms with van der Waals surface area (Å²) in [6.07, 6.45) is 2.14. The van der Waals surface area contributed by atoms with E-state index in [2.05, 4.69) is 15.1 Å². The number of hydrogen-bond donors (Lipinski definition) is 2. The zero-order chi connectivity index (χ0) is 19.7. The number of rotatable bonds is 5. The number of carbonyl (C=O) groups is 1. The summed E-state index contributed by atoms with van der Waals surface area (Å²) < 4.78 is 28.5. The van der Waals surface area contributed by atoms with E-state index in [1.54, 1.807) is 22.9 Å². The van der Waals surface area contributed by atoms with Gasteiger partial charge in [-0.15, -0.1) is 0 Å². The highest BCUT2D eigenvalue weighted by molar-refractivity contribution is 7.90. The van der Waals surface area contributed by atoms with Crippen LogP contribution >= 0.6 is 0 Å². The quantitative estimate of drug-likeness (QED) is 0.689. The number of nitrogens with one attached hydrogen (secondary N) is 2. The molecular formula is C20H20N4O3S. The number of hydrogen-bond acceptors (Lipinski definition) is 4. The van der Waals surface area contributed by atoms with Crippen LogP contribution in [-0.2, 0) is 10.0 Å². The van der Waals surface area contributed by atoms with E-state index in [1.165, 1.54) is 12.1 Å². The van der Waals surface area contributed by atoms with E-state index in [0.29, 0.717) is 11.7 Å². The summed E-state index contributed by atoms with van der Waals surface area (Å²) in [5.74, 6) is 0.814. The largest absolute Gasteiger partial charge is 0.334 e. The number of benzene rings is 2. The van der Waals surface area contributed by atoms with Crippen molar-refractivity contribution in [2.45, 2.75) is 30.6 Å². The van der Waals surface area contributed by atoms with Crippen molar-refractivity contribution in [2.75, 3.05) is 5.32 Å². The number of urea groups is 1.